The zero-order chi connectivity index (χ0) is 28.2. The van der Waals surface area contributed by atoms with Crippen molar-refractivity contribution in [2.45, 2.75) is 91.6 Å². The number of allylic oxidation sites excluding steroid dienone is 2. The number of hydrogen-bond donors (Lipinski definition) is 2. The number of cyclic esters (lactones) is 1. The Balaban J connectivity index is 3.05. The molecule has 1 heterocycles. The summed E-state index contributed by atoms with van der Waals surface area (Å²) in [6, 6.07) is 0. The van der Waals surface area contributed by atoms with Crippen molar-refractivity contribution in [3.8, 4) is 0 Å². The third kappa shape index (κ3) is 11.5. The Morgan fingerprint density at radius 1 is 1.27 bits per heavy atom. The number of ether oxygens (including phenoxy) is 3. The molecule has 0 aromatic carbocycles. The van der Waals surface area contributed by atoms with Crippen molar-refractivity contribution in [2.75, 3.05) is 19.7 Å². The van der Waals surface area contributed by atoms with Gasteiger partial charge in [0.1, 0.15) is 17.8 Å². The molecule has 0 radical (unpaired) electrons. The number of hydrogen-bond acceptors (Lipinski definition) is 8. The van der Waals surface area contributed by atoms with Gasteiger partial charge < -0.3 is 29.3 Å². The Bertz CT molecular complexity index is 843. The lowest BCUT2D eigenvalue weighted by Gasteiger charge is -2.32. The van der Waals surface area contributed by atoms with Gasteiger partial charge >= 0.3 is 18.0 Å². The Morgan fingerprint density at radius 3 is 2.51 bits per heavy atom. The minimum atomic E-state index is -1.42. The maximum Gasteiger partial charge on any atom is 0.409 e. The molecular weight excluding hydrogens is 478 g/mol. The highest BCUT2D eigenvalue weighted by molar-refractivity contribution is 5.70. The molecule has 2 N–H and O–H groups in total. The number of aliphatic hydroxyl groups excluding tert-OH is 1. The van der Waals surface area contributed by atoms with Crippen molar-refractivity contribution in [1.29, 1.82) is 0 Å². The molecular formula is C28H45NO8. The Morgan fingerprint density at radius 2 is 1.92 bits per heavy atom. The molecule has 0 fully saturated rings. The second-order valence-electron chi connectivity index (χ2n) is 9.96. The first-order valence-corrected chi connectivity index (χ1v) is 13.0. The van der Waals surface area contributed by atoms with E-state index in [4.69, 9.17) is 14.2 Å². The summed E-state index contributed by atoms with van der Waals surface area (Å²) in [5.74, 6) is -1.41. The summed E-state index contributed by atoms with van der Waals surface area (Å²) in [5, 5.41) is 21.2. The monoisotopic (exact) mass is 523 g/mol. The van der Waals surface area contributed by atoms with Crippen LogP contribution in [0.15, 0.2) is 36.0 Å². The molecule has 9 heteroatoms. The Kier molecular flexibility index (Phi) is 13.6. The van der Waals surface area contributed by atoms with Gasteiger partial charge in [0.2, 0.25) is 0 Å². The standard InChI is InChI=1S/C28H45NO8/c1-8-29(9-2)27(33)35-18-19(3)11-10-12-20(4)26-21(5)13-14-24(36-22(6)30)28(7,34)16-15-23(31)17-25(32)37-26/h10-14,19,21,23-24,26,31,34H,8-9,15-18H2,1-7H3/b11-10+,14-13+,20-12+/t19-,21-,23-,24-,26+,28-/m0/s1. The molecule has 1 amide bonds. The molecule has 6 atom stereocenters. The summed E-state index contributed by atoms with van der Waals surface area (Å²) < 4.78 is 16.4. The van der Waals surface area contributed by atoms with E-state index in [1.165, 1.54) is 6.92 Å². The third-order valence-corrected chi connectivity index (χ3v) is 6.36. The van der Waals surface area contributed by atoms with E-state index in [0.29, 0.717) is 13.1 Å². The van der Waals surface area contributed by atoms with Gasteiger partial charge in [-0.3, -0.25) is 9.59 Å². The van der Waals surface area contributed by atoms with Crippen LogP contribution < -0.4 is 0 Å². The number of carbonyl (C=O) groups excluding carboxylic acids is 3. The summed E-state index contributed by atoms with van der Waals surface area (Å²) in [6.07, 6.45) is 6.08. The van der Waals surface area contributed by atoms with Crippen LogP contribution in [0.1, 0.15) is 67.7 Å². The third-order valence-electron chi connectivity index (χ3n) is 6.36. The maximum absolute atomic E-state index is 12.5. The van der Waals surface area contributed by atoms with Crippen LogP contribution in [-0.2, 0) is 23.8 Å². The van der Waals surface area contributed by atoms with Gasteiger partial charge in [-0.1, -0.05) is 38.2 Å². The molecule has 9 nitrogen and oxygen atoms in total. The second-order valence-corrected chi connectivity index (χ2v) is 9.96. The fraction of sp³-hybridized carbons (Fsp3) is 0.679. The lowest BCUT2D eigenvalue weighted by Crippen LogP contribution is -2.42. The average molecular weight is 524 g/mol. The molecule has 210 valence electrons. The van der Waals surface area contributed by atoms with Crippen LogP contribution in [0, 0.1) is 11.8 Å². The molecule has 0 spiro atoms. The average Bonchev–Trinajstić information content (AvgIpc) is 2.82. The van der Waals surface area contributed by atoms with Crippen molar-refractivity contribution in [3.05, 3.63) is 36.0 Å². The molecule has 0 aromatic heterocycles. The second kappa shape index (κ2) is 15.6. The minimum absolute atomic E-state index is 0.0263. The number of nitrogens with zero attached hydrogens (tertiary/aromatic N) is 1. The van der Waals surface area contributed by atoms with Gasteiger partial charge in [0.15, 0.2) is 0 Å². The highest BCUT2D eigenvalue weighted by atomic mass is 16.6. The normalized spacial score (nSPS) is 29.4. The van der Waals surface area contributed by atoms with Gasteiger partial charge in [-0.05, 0) is 52.2 Å². The first kappa shape index (κ1) is 32.4. The van der Waals surface area contributed by atoms with Crippen molar-refractivity contribution >= 4 is 18.0 Å². The SMILES string of the molecule is CCN(CC)C(=O)OC[C@@H](C)/C=C/C=C(\C)[C@H]1OC(=O)C[C@@H](O)CC[C@](C)(O)[C@@H](OC(C)=O)/C=C/[C@@H]1C. The molecule has 0 saturated carbocycles. The predicted molar refractivity (Wildman–Crippen MR) is 141 cm³/mol. The number of carbonyl (C=O) groups is 3. The lowest BCUT2D eigenvalue weighted by atomic mass is 9.88. The van der Waals surface area contributed by atoms with Crippen LogP contribution in [0.4, 0.5) is 4.79 Å². The largest absolute Gasteiger partial charge is 0.457 e. The van der Waals surface area contributed by atoms with Crippen LogP contribution >= 0.6 is 0 Å². The first-order valence-electron chi connectivity index (χ1n) is 13.0. The fourth-order valence-electron chi connectivity index (χ4n) is 3.95. The van der Waals surface area contributed by atoms with E-state index in [9.17, 15) is 24.6 Å². The number of rotatable bonds is 8. The summed E-state index contributed by atoms with van der Waals surface area (Å²) in [6.45, 7) is 13.6. The molecule has 0 aliphatic carbocycles. The smallest absolute Gasteiger partial charge is 0.409 e. The molecule has 0 aromatic rings. The number of amides is 1. The molecule has 0 bridgehead atoms. The number of esters is 2. The van der Waals surface area contributed by atoms with E-state index in [0.717, 1.165) is 5.57 Å². The van der Waals surface area contributed by atoms with Gasteiger partial charge in [-0.15, -0.1) is 0 Å². The Labute approximate surface area is 221 Å². The van der Waals surface area contributed by atoms with E-state index < -0.39 is 35.9 Å². The summed E-state index contributed by atoms with van der Waals surface area (Å²) in [7, 11) is 0. The minimum Gasteiger partial charge on any atom is -0.457 e. The van der Waals surface area contributed by atoms with Crippen LogP contribution in [0.25, 0.3) is 0 Å². The van der Waals surface area contributed by atoms with Crippen LogP contribution in [0.3, 0.4) is 0 Å². The maximum atomic E-state index is 12.5. The fourth-order valence-corrected chi connectivity index (χ4v) is 3.95. The van der Waals surface area contributed by atoms with E-state index >= 15 is 0 Å². The van der Waals surface area contributed by atoms with Gasteiger partial charge in [-0.2, -0.15) is 0 Å². The quantitative estimate of drug-likeness (QED) is 0.212. The van der Waals surface area contributed by atoms with Gasteiger partial charge in [0.05, 0.1) is 19.1 Å². The molecule has 0 saturated heterocycles. The summed E-state index contributed by atoms with van der Waals surface area (Å²) in [5.41, 5.74) is -0.656. The summed E-state index contributed by atoms with van der Waals surface area (Å²) >= 11 is 0. The zero-order valence-corrected chi connectivity index (χ0v) is 23.3. The van der Waals surface area contributed by atoms with E-state index in [1.807, 2.05) is 52.8 Å². The number of aliphatic hydroxyl groups is 2. The van der Waals surface area contributed by atoms with Crippen LogP contribution in [0.5, 0.6) is 0 Å². The highest BCUT2D eigenvalue weighted by Gasteiger charge is 2.35. The zero-order valence-electron chi connectivity index (χ0n) is 23.3. The Hall–Kier alpha value is -2.65. The van der Waals surface area contributed by atoms with Crippen molar-refractivity contribution in [3.63, 3.8) is 0 Å². The van der Waals surface area contributed by atoms with Crippen LogP contribution in [0.2, 0.25) is 0 Å². The van der Waals surface area contributed by atoms with Crippen molar-refractivity contribution in [1.82, 2.24) is 4.90 Å². The van der Waals surface area contributed by atoms with Crippen molar-refractivity contribution < 1.29 is 38.8 Å². The molecule has 1 rings (SSSR count). The predicted octanol–water partition coefficient (Wildman–Crippen LogP) is 3.94. The summed E-state index contributed by atoms with van der Waals surface area (Å²) in [4.78, 5) is 37.8. The topological polar surface area (TPSA) is 123 Å². The van der Waals surface area contributed by atoms with Gasteiger partial charge in [-0.25, -0.2) is 4.79 Å². The van der Waals surface area contributed by atoms with E-state index in [1.54, 1.807) is 24.0 Å². The first-order chi connectivity index (χ1) is 17.3. The van der Waals surface area contributed by atoms with Gasteiger partial charge in [0.25, 0.3) is 0 Å². The van der Waals surface area contributed by atoms with Crippen LogP contribution in [-0.4, -0.2) is 76.8 Å². The molecule has 0 unspecified atom stereocenters. The van der Waals surface area contributed by atoms with E-state index in [2.05, 4.69) is 0 Å². The molecule has 37 heavy (non-hydrogen) atoms. The molecule has 1 aliphatic heterocycles. The van der Waals surface area contributed by atoms with Gasteiger partial charge in [0, 0.05) is 31.8 Å². The lowest BCUT2D eigenvalue weighted by molar-refractivity contribution is -0.157. The highest BCUT2D eigenvalue weighted by Crippen LogP contribution is 2.27. The molecule has 1 aliphatic rings. The van der Waals surface area contributed by atoms with E-state index in [-0.39, 0.29) is 43.8 Å². The van der Waals surface area contributed by atoms with Crippen molar-refractivity contribution in [2.24, 2.45) is 11.8 Å².